The van der Waals surface area contributed by atoms with Crippen LogP contribution in [0.4, 0.5) is 20.3 Å². The number of anilines is 2. The third-order valence-electron chi connectivity index (χ3n) is 4.87. The molecule has 0 saturated carbocycles. The van der Waals surface area contributed by atoms with Crippen LogP contribution in [0.1, 0.15) is 5.82 Å². The first-order valence-corrected chi connectivity index (χ1v) is 9.08. The lowest BCUT2D eigenvalue weighted by Gasteiger charge is -2.36. The van der Waals surface area contributed by atoms with Crippen molar-refractivity contribution in [3.63, 3.8) is 0 Å². The summed E-state index contributed by atoms with van der Waals surface area (Å²) in [4.78, 5) is 29.6. The van der Waals surface area contributed by atoms with Crippen LogP contribution in [0.5, 0.6) is 0 Å². The third kappa shape index (κ3) is 3.64. The highest BCUT2D eigenvalue weighted by Crippen LogP contribution is 2.22. The number of aromatic nitrogens is 4. The number of benzene rings is 1. The van der Waals surface area contributed by atoms with Gasteiger partial charge in [-0.1, -0.05) is 0 Å². The second kappa shape index (κ2) is 7.49. The number of hydrogen-bond acceptors (Lipinski definition) is 6. The summed E-state index contributed by atoms with van der Waals surface area (Å²) in [6.07, 6.45) is 0.363. The van der Waals surface area contributed by atoms with Gasteiger partial charge in [0.15, 0.2) is 0 Å². The number of aryl methyl sites for hydroxylation is 1. The van der Waals surface area contributed by atoms with E-state index in [1.165, 1.54) is 6.33 Å². The first kappa shape index (κ1) is 18.3. The van der Waals surface area contributed by atoms with Crippen molar-refractivity contribution in [1.29, 1.82) is 0 Å². The maximum absolute atomic E-state index is 12.6. The second-order valence-electron chi connectivity index (χ2n) is 6.73. The van der Waals surface area contributed by atoms with Gasteiger partial charge in [0.25, 0.3) is 12.0 Å². The van der Waals surface area contributed by atoms with Crippen LogP contribution in [-0.2, 0) is 6.54 Å². The molecule has 0 bridgehead atoms. The zero-order chi connectivity index (χ0) is 19.7. The summed E-state index contributed by atoms with van der Waals surface area (Å²) in [6, 6.07) is 7.27. The highest BCUT2D eigenvalue weighted by atomic mass is 19.3. The topological polar surface area (TPSA) is 67.2 Å². The summed E-state index contributed by atoms with van der Waals surface area (Å²) in [5.41, 5.74) is 1.03. The van der Waals surface area contributed by atoms with Gasteiger partial charge in [-0.05, 0) is 31.2 Å². The molecule has 146 valence electrons. The molecule has 0 N–H and O–H groups in total. The molecule has 0 amide bonds. The molecule has 0 atom stereocenters. The van der Waals surface area contributed by atoms with Crippen LogP contribution in [0.2, 0.25) is 0 Å². The standard InChI is InChI=1S/C19H20F2N6O/c1-13-22-5-4-18(24-13)26-8-6-25(7-9-26)14-2-3-15-16(10-14)23-12-27(19(15)28)11-17(20)21/h2-5,10,12,17H,6-9,11H2,1H3. The van der Waals surface area contributed by atoms with E-state index in [1.807, 2.05) is 25.1 Å². The number of fused-ring (bicyclic) bond motifs is 1. The fraction of sp³-hybridized carbons (Fsp3) is 0.368. The highest BCUT2D eigenvalue weighted by molar-refractivity contribution is 5.81. The second-order valence-corrected chi connectivity index (χ2v) is 6.73. The third-order valence-corrected chi connectivity index (χ3v) is 4.87. The fourth-order valence-corrected chi connectivity index (χ4v) is 3.44. The number of nitrogens with zero attached hydrogens (tertiary/aromatic N) is 6. The van der Waals surface area contributed by atoms with Crippen molar-refractivity contribution in [2.75, 3.05) is 36.0 Å². The Morgan fingerprint density at radius 2 is 1.82 bits per heavy atom. The summed E-state index contributed by atoms with van der Waals surface area (Å²) in [7, 11) is 0. The first-order valence-electron chi connectivity index (χ1n) is 9.08. The molecule has 1 fully saturated rings. The Hall–Kier alpha value is -3.10. The van der Waals surface area contributed by atoms with Crippen LogP contribution >= 0.6 is 0 Å². The van der Waals surface area contributed by atoms with E-state index in [9.17, 15) is 13.6 Å². The molecule has 1 aliphatic heterocycles. The van der Waals surface area contributed by atoms with E-state index in [2.05, 4.69) is 24.8 Å². The number of piperazine rings is 1. The molecule has 9 heteroatoms. The molecule has 7 nitrogen and oxygen atoms in total. The quantitative estimate of drug-likeness (QED) is 0.684. The Morgan fingerprint density at radius 3 is 2.54 bits per heavy atom. The molecule has 3 aromatic rings. The van der Waals surface area contributed by atoms with Crippen molar-refractivity contribution < 1.29 is 8.78 Å². The maximum atomic E-state index is 12.6. The van der Waals surface area contributed by atoms with E-state index in [0.717, 1.165) is 48.1 Å². The molecule has 1 aliphatic rings. The van der Waals surface area contributed by atoms with Crippen LogP contribution in [0.25, 0.3) is 10.9 Å². The van der Waals surface area contributed by atoms with Crippen molar-refractivity contribution in [2.45, 2.75) is 19.9 Å². The molecule has 3 heterocycles. The molecular formula is C19H20F2N6O. The lowest BCUT2D eigenvalue weighted by molar-refractivity contribution is 0.125. The zero-order valence-electron chi connectivity index (χ0n) is 15.4. The van der Waals surface area contributed by atoms with Crippen molar-refractivity contribution in [3.05, 3.63) is 53.0 Å². The van der Waals surface area contributed by atoms with E-state index < -0.39 is 18.5 Å². The average Bonchev–Trinajstić information content (AvgIpc) is 2.70. The van der Waals surface area contributed by atoms with Gasteiger partial charge < -0.3 is 9.80 Å². The Kier molecular flexibility index (Phi) is 4.89. The minimum atomic E-state index is -2.59. The van der Waals surface area contributed by atoms with E-state index in [0.29, 0.717) is 10.9 Å². The van der Waals surface area contributed by atoms with Crippen LogP contribution in [0.3, 0.4) is 0 Å². The molecule has 0 unspecified atom stereocenters. The monoisotopic (exact) mass is 386 g/mol. The van der Waals surface area contributed by atoms with E-state index in [1.54, 1.807) is 12.3 Å². The minimum Gasteiger partial charge on any atom is -0.368 e. The number of hydrogen-bond donors (Lipinski definition) is 0. The summed E-state index contributed by atoms with van der Waals surface area (Å²) >= 11 is 0. The van der Waals surface area contributed by atoms with Crippen molar-refractivity contribution in [2.24, 2.45) is 0 Å². The molecular weight excluding hydrogens is 366 g/mol. The lowest BCUT2D eigenvalue weighted by atomic mass is 10.2. The maximum Gasteiger partial charge on any atom is 0.261 e. The Morgan fingerprint density at radius 1 is 1.07 bits per heavy atom. The molecule has 0 spiro atoms. The number of halogens is 2. The van der Waals surface area contributed by atoms with Gasteiger partial charge in [-0.15, -0.1) is 0 Å². The van der Waals surface area contributed by atoms with Gasteiger partial charge in [0.1, 0.15) is 11.6 Å². The van der Waals surface area contributed by atoms with E-state index in [4.69, 9.17) is 0 Å². The van der Waals surface area contributed by atoms with Gasteiger partial charge in [-0.2, -0.15) is 0 Å². The predicted molar refractivity (Wildman–Crippen MR) is 103 cm³/mol. The van der Waals surface area contributed by atoms with Gasteiger partial charge in [0.05, 0.1) is 23.8 Å². The molecule has 1 aromatic carbocycles. The van der Waals surface area contributed by atoms with Crippen molar-refractivity contribution in [1.82, 2.24) is 19.5 Å². The van der Waals surface area contributed by atoms with Gasteiger partial charge >= 0.3 is 0 Å². The van der Waals surface area contributed by atoms with Gasteiger partial charge in [0, 0.05) is 38.1 Å². The van der Waals surface area contributed by atoms with E-state index >= 15 is 0 Å². The Labute approximate surface area is 160 Å². The van der Waals surface area contributed by atoms with Crippen LogP contribution < -0.4 is 15.4 Å². The Bertz CT molecular complexity index is 1050. The molecule has 4 rings (SSSR count). The van der Waals surface area contributed by atoms with Gasteiger partial charge in [-0.25, -0.2) is 23.7 Å². The van der Waals surface area contributed by atoms with Crippen molar-refractivity contribution >= 4 is 22.4 Å². The molecule has 28 heavy (non-hydrogen) atoms. The fourth-order valence-electron chi connectivity index (χ4n) is 3.44. The van der Waals surface area contributed by atoms with E-state index in [-0.39, 0.29) is 0 Å². The zero-order valence-corrected chi connectivity index (χ0v) is 15.4. The molecule has 0 radical (unpaired) electrons. The highest BCUT2D eigenvalue weighted by Gasteiger charge is 2.19. The van der Waals surface area contributed by atoms with Crippen LogP contribution in [0, 0.1) is 6.92 Å². The normalized spacial score (nSPS) is 14.9. The molecule has 0 aliphatic carbocycles. The summed E-state index contributed by atoms with van der Waals surface area (Å²) in [6.45, 7) is 4.47. The average molecular weight is 386 g/mol. The smallest absolute Gasteiger partial charge is 0.261 e. The Balaban J connectivity index is 1.51. The summed E-state index contributed by atoms with van der Waals surface area (Å²) in [5.74, 6) is 1.67. The van der Waals surface area contributed by atoms with Gasteiger partial charge in [0.2, 0.25) is 0 Å². The molecule has 1 saturated heterocycles. The first-order chi connectivity index (χ1) is 13.5. The largest absolute Gasteiger partial charge is 0.368 e. The molecule has 2 aromatic heterocycles. The number of rotatable bonds is 4. The van der Waals surface area contributed by atoms with Crippen molar-refractivity contribution in [3.8, 4) is 0 Å². The van der Waals surface area contributed by atoms with Gasteiger partial charge in [-0.3, -0.25) is 9.36 Å². The SMILES string of the molecule is Cc1nccc(N2CCN(c3ccc4c(=O)n(CC(F)F)cnc4c3)CC2)n1. The number of alkyl halides is 2. The van der Waals surface area contributed by atoms with Crippen LogP contribution in [-0.4, -0.2) is 52.1 Å². The lowest BCUT2D eigenvalue weighted by Crippen LogP contribution is -2.46. The minimum absolute atomic E-state index is 0.349. The van der Waals surface area contributed by atoms with Crippen LogP contribution in [0.15, 0.2) is 41.6 Å². The summed E-state index contributed by atoms with van der Waals surface area (Å²) in [5, 5.41) is 0.349. The predicted octanol–water partition coefficient (Wildman–Crippen LogP) is 2.09. The summed E-state index contributed by atoms with van der Waals surface area (Å²) < 4.78 is 26.1.